The van der Waals surface area contributed by atoms with Gasteiger partial charge in [0.1, 0.15) is 5.02 Å². The number of halogens is 3. The van der Waals surface area contributed by atoms with Gasteiger partial charge in [-0.25, -0.2) is 0 Å². The fourth-order valence-electron chi connectivity index (χ4n) is 0.932. The molecule has 0 amide bonds. The van der Waals surface area contributed by atoms with Gasteiger partial charge in [0.05, 0.1) is 4.92 Å². The first-order valence-corrected chi connectivity index (χ1v) is 4.95. The predicted octanol–water partition coefficient (Wildman–Crippen LogP) is 3.23. The van der Waals surface area contributed by atoms with Crippen LogP contribution in [0, 0.1) is 10.1 Å². The molecule has 0 aliphatic heterocycles. The number of alkyl halides is 2. The molecule has 0 aliphatic carbocycles. The van der Waals surface area contributed by atoms with Gasteiger partial charge in [-0.05, 0) is 12.1 Å². The second-order valence-corrected chi connectivity index (χ2v) is 4.09. The van der Waals surface area contributed by atoms with E-state index >= 15 is 0 Å². The zero-order chi connectivity index (χ0) is 11.6. The maximum Gasteiger partial charge on any atom is 0.288 e. The summed E-state index contributed by atoms with van der Waals surface area (Å²) in [5.41, 5.74) is -0.294. The number of ketones is 1. The number of nitro groups is 1. The molecule has 1 aromatic carbocycles. The van der Waals surface area contributed by atoms with Crippen molar-refractivity contribution in [2.45, 2.75) is 4.84 Å². The maximum absolute atomic E-state index is 11.3. The number of hydrogen-bond acceptors (Lipinski definition) is 3. The third kappa shape index (κ3) is 2.81. The summed E-state index contributed by atoms with van der Waals surface area (Å²) in [4.78, 5) is 19.9. The molecule has 4 nitrogen and oxygen atoms in total. The first-order chi connectivity index (χ1) is 6.93. The fourth-order valence-corrected chi connectivity index (χ4v) is 1.37. The van der Waals surface area contributed by atoms with Crippen LogP contribution in [-0.4, -0.2) is 15.5 Å². The lowest BCUT2D eigenvalue weighted by atomic mass is 10.1. The summed E-state index contributed by atoms with van der Waals surface area (Å²) in [6, 6.07) is 3.63. The van der Waals surface area contributed by atoms with Gasteiger partial charge in [0.25, 0.3) is 5.69 Å². The molecule has 80 valence electrons. The number of nitro benzene ring substituents is 1. The standard InChI is InChI=1S/C8H4Cl3NO3/c9-5-2-1-4(7(13)8(10)11)3-6(5)12(14)15/h1-3,8H. The highest BCUT2D eigenvalue weighted by Gasteiger charge is 2.19. The summed E-state index contributed by atoms with van der Waals surface area (Å²) in [7, 11) is 0. The van der Waals surface area contributed by atoms with Crippen LogP contribution in [0.3, 0.4) is 0 Å². The average Bonchev–Trinajstić information content (AvgIpc) is 2.16. The van der Waals surface area contributed by atoms with E-state index in [4.69, 9.17) is 34.8 Å². The summed E-state index contributed by atoms with van der Waals surface area (Å²) in [6.07, 6.45) is 0. The first kappa shape index (κ1) is 12.2. The lowest BCUT2D eigenvalue weighted by molar-refractivity contribution is -0.384. The number of carbonyl (C=O) groups excluding carboxylic acids is 1. The highest BCUT2D eigenvalue weighted by molar-refractivity contribution is 6.55. The molecule has 0 unspecified atom stereocenters. The molecular formula is C8H4Cl3NO3. The molecule has 0 radical (unpaired) electrons. The van der Waals surface area contributed by atoms with Crippen molar-refractivity contribution in [2.75, 3.05) is 0 Å². The Morgan fingerprint density at radius 3 is 2.47 bits per heavy atom. The normalized spacial score (nSPS) is 10.4. The van der Waals surface area contributed by atoms with Gasteiger partial charge < -0.3 is 0 Å². The van der Waals surface area contributed by atoms with Gasteiger partial charge in [-0.1, -0.05) is 34.8 Å². The van der Waals surface area contributed by atoms with Gasteiger partial charge in [-0.2, -0.15) is 0 Å². The molecular weight excluding hydrogens is 264 g/mol. The number of carbonyl (C=O) groups is 1. The van der Waals surface area contributed by atoms with E-state index in [-0.39, 0.29) is 16.3 Å². The summed E-state index contributed by atoms with van der Waals surface area (Å²) in [5.74, 6) is -0.599. The van der Waals surface area contributed by atoms with Crippen LogP contribution >= 0.6 is 34.8 Å². The van der Waals surface area contributed by atoms with Crippen molar-refractivity contribution in [3.8, 4) is 0 Å². The first-order valence-electron chi connectivity index (χ1n) is 3.70. The van der Waals surface area contributed by atoms with Crippen LogP contribution in [0.4, 0.5) is 5.69 Å². The molecule has 0 aromatic heterocycles. The Balaban J connectivity index is 3.19. The van der Waals surface area contributed by atoms with Gasteiger partial charge in [-0.3, -0.25) is 14.9 Å². The Labute approximate surface area is 99.9 Å². The Morgan fingerprint density at radius 1 is 1.40 bits per heavy atom. The van der Waals surface area contributed by atoms with Crippen molar-refractivity contribution in [3.05, 3.63) is 38.9 Å². The minimum Gasteiger partial charge on any atom is -0.291 e. The van der Waals surface area contributed by atoms with E-state index in [1.165, 1.54) is 12.1 Å². The maximum atomic E-state index is 11.3. The molecule has 0 bridgehead atoms. The minimum atomic E-state index is -1.24. The quantitative estimate of drug-likeness (QED) is 0.366. The fraction of sp³-hybridized carbons (Fsp3) is 0.125. The summed E-state index contributed by atoms with van der Waals surface area (Å²) >= 11 is 16.3. The summed E-state index contributed by atoms with van der Waals surface area (Å²) in [6.45, 7) is 0. The van der Waals surface area contributed by atoms with Crippen molar-refractivity contribution in [3.63, 3.8) is 0 Å². The van der Waals surface area contributed by atoms with Crippen molar-refractivity contribution in [1.29, 1.82) is 0 Å². The largest absolute Gasteiger partial charge is 0.291 e. The van der Waals surface area contributed by atoms with Crippen molar-refractivity contribution in [2.24, 2.45) is 0 Å². The van der Waals surface area contributed by atoms with E-state index in [9.17, 15) is 14.9 Å². The molecule has 1 rings (SSSR count). The zero-order valence-electron chi connectivity index (χ0n) is 7.12. The summed E-state index contributed by atoms with van der Waals surface area (Å²) in [5, 5.41) is 10.5. The molecule has 0 heterocycles. The monoisotopic (exact) mass is 267 g/mol. The Kier molecular flexibility index (Phi) is 3.90. The Bertz CT molecular complexity index is 420. The van der Waals surface area contributed by atoms with Crippen LogP contribution in [0.2, 0.25) is 5.02 Å². The third-order valence-corrected chi connectivity index (χ3v) is 2.34. The molecule has 1 aromatic rings. The number of hydrogen-bond donors (Lipinski definition) is 0. The van der Waals surface area contributed by atoms with Crippen LogP contribution < -0.4 is 0 Å². The molecule has 0 spiro atoms. The van der Waals surface area contributed by atoms with Crippen LogP contribution in [-0.2, 0) is 0 Å². The average molecular weight is 268 g/mol. The molecule has 0 fully saturated rings. The van der Waals surface area contributed by atoms with E-state index in [2.05, 4.69) is 0 Å². The van der Waals surface area contributed by atoms with E-state index in [0.29, 0.717) is 0 Å². The van der Waals surface area contributed by atoms with Crippen molar-refractivity contribution < 1.29 is 9.72 Å². The zero-order valence-corrected chi connectivity index (χ0v) is 9.38. The summed E-state index contributed by atoms with van der Waals surface area (Å²) < 4.78 is 0. The number of nitrogens with zero attached hydrogens (tertiary/aromatic N) is 1. The minimum absolute atomic E-state index is 0.0442. The molecule has 7 heteroatoms. The van der Waals surface area contributed by atoms with E-state index in [1.54, 1.807) is 0 Å². The van der Waals surface area contributed by atoms with Crippen molar-refractivity contribution in [1.82, 2.24) is 0 Å². The van der Waals surface area contributed by atoms with Gasteiger partial charge in [0.2, 0.25) is 0 Å². The van der Waals surface area contributed by atoms with E-state index in [1.807, 2.05) is 0 Å². The third-order valence-electron chi connectivity index (χ3n) is 1.63. The van der Waals surface area contributed by atoms with Crippen LogP contribution in [0.25, 0.3) is 0 Å². The molecule has 0 saturated carbocycles. The molecule has 0 saturated heterocycles. The lowest BCUT2D eigenvalue weighted by Gasteiger charge is -2.01. The Morgan fingerprint density at radius 2 is 2.00 bits per heavy atom. The van der Waals surface area contributed by atoms with Crippen LogP contribution in [0.15, 0.2) is 18.2 Å². The van der Waals surface area contributed by atoms with Crippen molar-refractivity contribution >= 4 is 46.3 Å². The van der Waals surface area contributed by atoms with Gasteiger partial charge in [0.15, 0.2) is 10.6 Å². The number of Topliss-reactive ketones (excluding diaryl/α,β-unsaturated/α-hetero) is 1. The van der Waals surface area contributed by atoms with Gasteiger partial charge >= 0.3 is 0 Å². The molecule has 0 N–H and O–H groups in total. The second-order valence-electron chi connectivity index (χ2n) is 2.59. The van der Waals surface area contributed by atoms with Crippen LogP contribution in [0.5, 0.6) is 0 Å². The van der Waals surface area contributed by atoms with Gasteiger partial charge in [-0.15, -0.1) is 0 Å². The molecule has 15 heavy (non-hydrogen) atoms. The van der Waals surface area contributed by atoms with E-state index in [0.717, 1.165) is 6.07 Å². The van der Waals surface area contributed by atoms with Gasteiger partial charge in [0, 0.05) is 11.6 Å². The Hall–Kier alpha value is -0.840. The highest BCUT2D eigenvalue weighted by Crippen LogP contribution is 2.26. The topological polar surface area (TPSA) is 60.2 Å². The van der Waals surface area contributed by atoms with E-state index < -0.39 is 15.5 Å². The second kappa shape index (κ2) is 4.79. The van der Waals surface area contributed by atoms with Crippen LogP contribution in [0.1, 0.15) is 10.4 Å². The predicted molar refractivity (Wildman–Crippen MR) is 57.9 cm³/mol. The molecule has 0 aliphatic rings. The lowest BCUT2D eigenvalue weighted by Crippen LogP contribution is -2.08. The number of benzene rings is 1. The SMILES string of the molecule is O=C(c1ccc(Cl)c([N+](=O)[O-])c1)C(Cl)Cl. The smallest absolute Gasteiger partial charge is 0.288 e. The number of rotatable bonds is 3. The molecule has 0 atom stereocenters. The highest BCUT2D eigenvalue weighted by atomic mass is 35.5.